The molecule has 0 aliphatic rings. The summed E-state index contributed by atoms with van der Waals surface area (Å²) < 4.78 is 0. The van der Waals surface area contributed by atoms with Gasteiger partial charge in [-0.3, -0.25) is 0 Å². The number of aromatic nitrogens is 1. The number of halogens is 3. The van der Waals surface area contributed by atoms with E-state index < -0.39 is 0 Å². The predicted octanol–water partition coefficient (Wildman–Crippen LogP) is -0.545. The highest BCUT2D eigenvalue weighted by Gasteiger charge is 1.73. The van der Waals surface area contributed by atoms with E-state index in [1.165, 1.54) is 0 Å². The zero-order valence-corrected chi connectivity index (χ0v) is 9.01. The van der Waals surface area contributed by atoms with Crippen LogP contribution in [-0.4, -0.2) is 21.4 Å². The smallest absolute Gasteiger partial charge is 0.123 e. The largest absolute Gasteiger partial charge is 0.412 e. The van der Waals surface area contributed by atoms with E-state index >= 15 is 0 Å². The van der Waals surface area contributed by atoms with Crippen molar-refractivity contribution < 1.29 is 16.4 Å². The molecule has 1 aromatic heterocycles. The lowest BCUT2D eigenvalue weighted by Crippen LogP contribution is -1.85. The highest BCUT2D eigenvalue weighted by atomic mass is 35.5. The van der Waals surface area contributed by atoms with Gasteiger partial charge in [0.25, 0.3) is 0 Å². The van der Waals surface area contributed by atoms with Crippen LogP contribution >= 0.6 is 37.2 Å². The van der Waals surface area contributed by atoms with Crippen molar-refractivity contribution in [1.82, 2.24) is 4.98 Å². The van der Waals surface area contributed by atoms with Crippen molar-refractivity contribution in [3.63, 3.8) is 0 Å². The van der Waals surface area contributed by atoms with E-state index in [-0.39, 0.29) is 53.6 Å². The molecule has 5 nitrogen and oxygen atoms in total. The number of nitrogens with two attached hydrogens (primary N) is 1. The Hall–Kier alpha value is -0.300. The third-order valence-corrected chi connectivity index (χ3v) is 0.688. The molecule has 0 aromatic carbocycles. The highest BCUT2D eigenvalue weighted by Crippen LogP contribution is 1.89. The van der Waals surface area contributed by atoms with Gasteiger partial charge in [-0.25, -0.2) is 4.98 Å². The normalized spacial score (nSPS) is 4.62. The van der Waals surface area contributed by atoms with Crippen molar-refractivity contribution in [2.75, 3.05) is 5.73 Å². The van der Waals surface area contributed by atoms with Gasteiger partial charge in [0.05, 0.1) is 0 Å². The molecule has 1 aromatic rings. The molecule has 0 atom stereocenters. The molecule has 0 unspecified atom stereocenters. The summed E-state index contributed by atoms with van der Waals surface area (Å²) in [5.74, 6) is 0.572. The predicted molar refractivity (Wildman–Crippen MR) is 61.2 cm³/mol. The van der Waals surface area contributed by atoms with E-state index in [1.54, 1.807) is 12.3 Å². The molecule has 84 valence electrons. The molecular formula is C5H15Cl3N2O3. The molecule has 0 aliphatic heterocycles. The van der Waals surface area contributed by atoms with Gasteiger partial charge in [-0.05, 0) is 12.1 Å². The molecule has 0 amide bonds. The Kier molecular flexibility index (Phi) is 67.3. The van der Waals surface area contributed by atoms with Crippen molar-refractivity contribution in [3.05, 3.63) is 24.4 Å². The molecule has 0 bridgehead atoms. The minimum atomic E-state index is 0. The fourth-order valence-corrected chi connectivity index (χ4v) is 0.376. The van der Waals surface area contributed by atoms with Crippen molar-refractivity contribution >= 4 is 43.0 Å². The summed E-state index contributed by atoms with van der Waals surface area (Å²) in [5.41, 5.74) is 5.25. The van der Waals surface area contributed by atoms with Gasteiger partial charge >= 0.3 is 0 Å². The topological polar surface area (TPSA) is 133 Å². The van der Waals surface area contributed by atoms with Crippen LogP contribution in [0.25, 0.3) is 0 Å². The third-order valence-electron chi connectivity index (χ3n) is 0.688. The second kappa shape index (κ2) is 22.6. The Morgan fingerprint density at radius 2 is 1.38 bits per heavy atom. The number of hydrogen-bond donors (Lipinski definition) is 1. The van der Waals surface area contributed by atoms with Crippen molar-refractivity contribution in [2.24, 2.45) is 0 Å². The maximum atomic E-state index is 5.25. The van der Waals surface area contributed by atoms with Gasteiger partial charge < -0.3 is 22.2 Å². The maximum Gasteiger partial charge on any atom is 0.123 e. The average Bonchev–Trinajstić information content (AvgIpc) is 1.69. The van der Waals surface area contributed by atoms with Crippen LogP contribution in [0.5, 0.6) is 0 Å². The Balaban J connectivity index is -0.0000000204. The zero-order chi connectivity index (χ0) is 5.11. The van der Waals surface area contributed by atoms with Crippen LogP contribution in [0.15, 0.2) is 24.4 Å². The molecule has 0 fully saturated rings. The Bertz CT molecular complexity index is 155. The Morgan fingerprint density at radius 3 is 1.54 bits per heavy atom. The molecule has 0 aliphatic carbocycles. The second-order valence-corrected chi connectivity index (χ2v) is 1.25. The van der Waals surface area contributed by atoms with Gasteiger partial charge in [-0.2, -0.15) is 0 Å². The fraction of sp³-hybridized carbons (Fsp3) is 0. The van der Waals surface area contributed by atoms with Crippen molar-refractivity contribution in [1.29, 1.82) is 0 Å². The molecular weight excluding hydrogens is 242 g/mol. The molecule has 1 rings (SSSR count). The summed E-state index contributed by atoms with van der Waals surface area (Å²) >= 11 is 0. The summed E-state index contributed by atoms with van der Waals surface area (Å²) in [5, 5.41) is 0. The molecule has 13 heavy (non-hydrogen) atoms. The number of anilines is 1. The Labute approximate surface area is 94.9 Å². The van der Waals surface area contributed by atoms with Crippen molar-refractivity contribution in [2.45, 2.75) is 0 Å². The van der Waals surface area contributed by atoms with E-state index in [1.807, 2.05) is 12.1 Å². The van der Waals surface area contributed by atoms with Gasteiger partial charge in [-0.15, -0.1) is 37.2 Å². The van der Waals surface area contributed by atoms with E-state index in [0.717, 1.165) is 0 Å². The number of nitrogens with zero attached hydrogens (tertiary/aromatic N) is 1. The standard InChI is InChI=1S/C5H6N2.3ClH.3H2O/c6-5-3-1-2-4-7-5;;;;;;/h1-4H,(H2,6,7);3*1H;3*1H2. The van der Waals surface area contributed by atoms with Crippen LogP contribution in [0.4, 0.5) is 5.82 Å². The van der Waals surface area contributed by atoms with Crippen molar-refractivity contribution in [3.8, 4) is 0 Å². The summed E-state index contributed by atoms with van der Waals surface area (Å²) in [6.45, 7) is 0. The van der Waals surface area contributed by atoms with Gasteiger partial charge in [0, 0.05) is 6.20 Å². The molecule has 0 spiro atoms. The summed E-state index contributed by atoms with van der Waals surface area (Å²) in [4.78, 5) is 3.76. The van der Waals surface area contributed by atoms with E-state index in [4.69, 9.17) is 5.73 Å². The van der Waals surface area contributed by atoms with E-state index in [2.05, 4.69) is 4.98 Å². The molecule has 0 saturated heterocycles. The summed E-state index contributed by atoms with van der Waals surface area (Å²) in [6, 6.07) is 5.43. The first kappa shape index (κ1) is 38.7. The minimum absolute atomic E-state index is 0. The third kappa shape index (κ3) is 18.6. The van der Waals surface area contributed by atoms with Crippen LogP contribution in [0, 0.1) is 0 Å². The SMILES string of the molecule is Cl.Cl.Cl.Nc1ccccn1.O.O.O. The van der Waals surface area contributed by atoms with Crippen LogP contribution in [-0.2, 0) is 0 Å². The van der Waals surface area contributed by atoms with Gasteiger partial charge in [0.2, 0.25) is 0 Å². The quantitative estimate of drug-likeness (QED) is 0.668. The second-order valence-electron chi connectivity index (χ2n) is 1.25. The first-order chi connectivity index (χ1) is 3.39. The molecule has 0 radical (unpaired) electrons. The molecule has 1 heterocycles. The molecule has 0 saturated carbocycles. The zero-order valence-electron chi connectivity index (χ0n) is 6.56. The lowest BCUT2D eigenvalue weighted by atomic mass is 10.5. The number of rotatable bonds is 0. The van der Waals surface area contributed by atoms with E-state index in [9.17, 15) is 0 Å². The Morgan fingerprint density at radius 1 is 0.923 bits per heavy atom. The summed E-state index contributed by atoms with van der Waals surface area (Å²) in [7, 11) is 0. The van der Waals surface area contributed by atoms with Crippen LogP contribution < -0.4 is 5.73 Å². The maximum absolute atomic E-state index is 5.25. The molecule has 8 heteroatoms. The minimum Gasteiger partial charge on any atom is -0.412 e. The average molecular weight is 258 g/mol. The number of hydrogen-bond acceptors (Lipinski definition) is 2. The molecule has 8 N–H and O–H groups in total. The first-order valence-corrected chi connectivity index (χ1v) is 2.06. The lowest BCUT2D eigenvalue weighted by molar-refractivity contribution is 0.823. The number of pyridine rings is 1. The monoisotopic (exact) mass is 256 g/mol. The highest BCUT2D eigenvalue weighted by molar-refractivity contribution is 5.86. The van der Waals surface area contributed by atoms with Gasteiger partial charge in [-0.1, -0.05) is 6.07 Å². The van der Waals surface area contributed by atoms with Crippen LogP contribution in [0.1, 0.15) is 0 Å². The fourth-order valence-electron chi connectivity index (χ4n) is 0.376. The lowest BCUT2D eigenvalue weighted by Gasteiger charge is -1.82. The van der Waals surface area contributed by atoms with Crippen LogP contribution in [0.3, 0.4) is 0 Å². The van der Waals surface area contributed by atoms with Gasteiger partial charge in [0.15, 0.2) is 0 Å². The first-order valence-electron chi connectivity index (χ1n) is 2.06. The van der Waals surface area contributed by atoms with E-state index in [0.29, 0.717) is 5.82 Å². The van der Waals surface area contributed by atoms with Crippen LogP contribution in [0.2, 0.25) is 0 Å². The van der Waals surface area contributed by atoms with Gasteiger partial charge in [0.1, 0.15) is 5.82 Å². The summed E-state index contributed by atoms with van der Waals surface area (Å²) in [6.07, 6.45) is 1.66. The number of nitrogen functional groups attached to an aromatic ring is 1.